The van der Waals surface area contributed by atoms with Crippen molar-refractivity contribution in [1.82, 2.24) is 0 Å². The van der Waals surface area contributed by atoms with Crippen LogP contribution in [0.2, 0.25) is 5.02 Å². The fourth-order valence-corrected chi connectivity index (χ4v) is 1.58. The first kappa shape index (κ1) is 13.8. The minimum absolute atomic E-state index is 0.118. The first-order valence-corrected chi connectivity index (χ1v) is 6.21. The van der Waals surface area contributed by atoms with E-state index in [1.165, 1.54) is 6.92 Å². The zero-order chi connectivity index (χ0) is 12.8. The summed E-state index contributed by atoms with van der Waals surface area (Å²) in [5, 5.41) is 6.55. The molecule has 0 radical (unpaired) electrons. The van der Waals surface area contributed by atoms with Gasteiger partial charge in [0.2, 0.25) is 5.91 Å². The predicted molar refractivity (Wildman–Crippen MR) is 73.7 cm³/mol. The lowest BCUT2D eigenvalue weighted by atomic mass is 10.1. The predicted octanol–water partition coefficient (Wildman–Crippen LogP) is 3.76. The molecule has 0 fully saturated rings. The second-order valence-electron chi connectivity index (χ2n) is 4.27. The van der Waals surface area contributed by atoms with E-state index in [2.05, 4.69) is 24.5 Å². The van der Waals surface area contributed by atoms with Crippen LogP contribution in [-0.2, 0) is 4.79 Å². The number of carbonyl (C=O) groups is 1. The Kier molecular flexibility index (Phi) is 5.29. The fraction of sp³-hybridized carbons (Fsp3) is 0.462. The number of hydrogen-bond donors (Lipinski definition) is 2. The third-order valence-electron chi connectivity index (χ3n) is 2.63. The average molecular weight is 255 g/mol. The quantitative estimate of drug-likeness (QED) is 0.840. The molecule has 1 rings (SSSR count). The van der Waals surface area contributed by atoms with E-state index in [1.54, 1.807) is 0 Å². The molecule has 1 aromatic carbocycles. The molecule has 17 heavy (non-hydrogen) atoms. The molecule has 3 nitrogen and oxygen atoms in total. The van der Waals surface area contributed by atoms with Crippen molar-refractivity contribution in [2.75, 3.05) is 17.2 Å². The van der Waals surface area contributed by atoms with Crippen LogP contribution in [0.4, 0.5) is 11.4 Å². The summed E-state index contributed by atoms with van der Waals surface area (Å²) in [5.41, 5.74) is 1.62. The molecular formula is C13H19ClN2O. The van der Waals surface area contributed by atoms with Gasteiger partial charge in [0, 0.05) is 19.2 Å². The van der Waals surface area contributed by atoms with Crippen molar-refractivity contribution in [2.45, 2.75) is 27.2 Å². The van der Waals surface area contributed by atoms with E-state index in [4.69, 9.17) is 11.6 Å². The van der Waals surface area contributed by atoms with Gasteiger partial charge in [0.15, 0.2) is 0 Å². The van der Waals surface area contributed by atoms with Gasteiger partial charge < -0.3 is 10.6 Å². The number of hydrogen-bond acceptors (Lipinski definition) is 2. The van der Waals surface area contributed by atoms with Gasteiger partial charge >= 0.3 is 0 Å². The summed E-state index contributed by atoms with van der Waals surface area (Å²) in [6.07, 6.45) is 1.14. The summed E-state index contributed by atoms with van der Waals surface area (Å²) in [5.74, 6) is 0.510. The molecule has 2 N–H and O–H groups in total. The first-order valence-electron chi connectivity index (χ1n) is 5.84. The molecule has 1 amide bonds. The molecule has 0 spiro atoms. The van der Waals surface area contributed by atoms with Gasteiger partial charge in [-0.05, 0) is 24.1 Å². The van der Waals surface area contributed by atoms with Gasteiger partial charge in [-0.2, -0.15) is 0 Å². The SMILES string of the molecule is CCC(C)CNc1ccc(NC(C)=O)c(Cl)c1. The standard InChI is InChI=1S/C13H19ClN2O/c1-4-9(2)8-15-11-5-6-13(12(14)7-11)16-10(3)17/h5-7,9,15H,4,8H2,1-3H3,(H,16,17). The van der Waals surface area contributed by atoms with Gasteiger partial charge in [-0.3, -0.25) is 4.79 Å². The lowest BCUT2D eigenvalue weighted by Gasteiger charge is -2.13. The molecule has 0 aromatic heterocycles. The maximum Gasteiger partial charge on any atom is 0.221 e. The van der Waals surface area contributed by atoms with E-state index >= 15 is 0 Å². The number of amides is 1. The minimum atomic E-state index is -0.118. The highest BCUT2D eigenvalue weighted by Crippen LogP contribution is 2.25. The van der Waals surface area contributed by atoms with Crippen LogP contribution in [0.15, 0.2) is 18.2 Å². The minimum Gasteiger partial charge on any atom is -0.385 e. The summed E-state index contributed by atoms with van der Waals surface area (Å²) in [4.78, 5) is 10.9. The fourth-order valence-electron chi connectivity index (χ4n) is 1.35. The molecule has 0 bridgehead atoms. The number of nitrogens with one attached hydrogen (secondary N) is 2. The monoisotopic (exact) mass is 254 g/mol. The van der Waals surface area contributed by atoms with Gasteiger partial charge in [-0.25, -0.2) is 0 Å². The van der Waals surface area contributed by atoms with Crippen LogP contribution in [0.5, 0.6) is 0 Å². The Balaban J connectivity index is 2.65. The first-order chi connectivity index (χ1) is 8.02. The summed E-state index contributed by atoms with van der Waals surface area (Å²) >= 11 is 6.07. The lowest BCUT2D eigenvalue weighted by Crippen LogP contribution is -2.10. The van der Waals surface area contributed by atoms with E-state index in [1.807, 2.05) is 18.2 Å². The molecule has 0 aliphatic heterocycles. The Bertz CT molecular complexity index is 393. The molecule has 1 unspecified atom stereocenters. The van der Waals surface area contributed by atoms with Crippen LogP contribution in [0.3, 0.4) is 0 Å². The van der Waals surface area contributed by atoms with Gasteiger partial charge in [0.25, 0.3) is 0 Å². The van der Waals surface area contributed by atoms with Crippen molar-refractivity contribution in [2.24, 2.45) is 5.92 Å². The summed E-state index contributed by atoms with van der Waals surface area (Å²) in [7, 11) is 0. The highest BCUT2D eigenvalue weighted by molar-refractivity contribution is 6.34. The highest BCUT2D eigenvalue weighted by atomic mass is 35.5. The van der Waals surface area contributed by atoms with Crippen LogP contribution in [0.1, 0.15) is 27.2 Å². The third kappa shape index (κ3) is 4.65. The molecule has 4 heteroatoms. The van der Waals surface area contributed by atoms with Crippen LogP contribution in [-0.4, -0.2) is 12.5 Å². The van der Waals surface area contributed by atoms with Crippen LogP contribution in [0.25, 0.3) is 0 Å². The molecule has 0 aliphatic rings. The number of anilines is 2. The lowest BCUT2D eigenvalue weighted by molar-refractivity contribution is -0.114. The zero-order valence-electron chi connectivity index (χ0n) is 10.5. The maximum atomic E-state index is 10.9. The second-order valence-corrected chi connectivity index (χ2v) is 4.68. The number of carbonyl (C=O) groups excluding carboxylic acids is 1. The highest BCUT2D eigenvalue weighted by Gasteiger charge is 2.04. The van der Waals surface area contributed by atoms with Crippen molar-refractivity contribution >= 4 is 28.9 Å². The topological polar surface area (TPSA) is 41.1 Å². The van der Waals surface area contributed by atoms with Gasteiger partial charge in [0.1, 0.15) is 0 Å². The van der Waals surface area contributed by atoms with Crippen LogP contribution in [0, 0.1) is 5.92 Å². The average Bonchev–Trinajstić information content (AvgIpc) is 2.28. The molecule has 0 saturated carbocycles. The largest absolute Gasteiger partial charge is 0.385 e. The van der Waals surface area contributed by atoms with Gasteiger partial charge in [0.05, 0.1) is 10.7 Å². The number of halogens is 1. The smallest absolute Gasteiger partial charge is 0.221 e. The van der Waals surface area contributed by atoms with Crippen molar-refractivity contribution < 1.29 is 4.79 Å². The van der Waals surface area contributed by atoms with E-state index in [0.717, 1.165) is 18.7 Å². The summed E-state index contributed by atoms with van der Waals surface area (Å²) < 4.78 is 0. The molecule has 1 atom stereocenters. The van der Waals surface area contributed by atoms with E-state index < -0.39 is 0 Å². The maximum absolute atomic E-state index is 10.9. The van der Waals surface area contributed by atoms with E-state index in [9.17, 15) is 4.79 Å². The summed E-state index contributed by atoms with van der Waals surface area (Å²) in [6, 6.07) is 5.55. The Morgan fingerprint density at radius 1 is 1.47 bits per heavy atom. The van der Waals surface area contributed by atoms with Crippen molar-refractivity contribution in [3.8, 4) is 0 Å². The normalized spacial score (nSPS) is 12.0. The van der Waals surface area contributed by atoms with E-state index in [-0.39, 0.29) is 5.91 Å². The van der Waals surface area contributed by atoms with Gasteiger partial charge in [-0.1, -0.05) is 31.9 Å². The van der Waals surface area contributed by atoms with Crippen molar-refractivity contribution in [3.63, 3.8) is 0 Å². The van der Waals surface area contributed by atoms with E-state index in [0.29, 0.717) is 16.6 Å². The number of rotatable bonds is 5. The molecule has 0 aliphatic carbocycles. The molecule has 0 saturated heterocycles. The zero-order valence-corrected chi connectivity index (χ0v) is 11.3. The second kappa shape index (κ2) is 6.50. The van der Waals surface area contributed by atoms with Crippen LogP contribution < -0.4 is 10.6 Å². The van der Waals surface area contributed by atoms with Crippen LogP contribution >= 0.6 is 11.6 Å². The molecule has 1 aromatic rings. The third-order valence-corrected chi connectivity index (χ3v) is 2.94. The van der Waals surface area contributed by atoms with Crippen molar-refractivity contribution in [1.29, 1.82) is 0 Å². The molecule has 0 heterocycles. The van der Waals surface area contributed by atoms with Gasteiger partial charge in [-0.15, -0.1) is 0 Å². The molecule has 94 valence electrons. The molecular weight excluding hydrogens is 236 g/mol. The Morgan fingerprint density at radius 3 is 2.71 bits per heavy atom. The summed E-state index contributed by atoms with van der Waals surface area (Å²) in [6.45, 7) is 6.75. The number of benzene rings is 1. The Morgan fingerprint density at radius 2 is 2.18 bits per heavy atom. The Hall–Kier alpha value is -1.22. The van der Waals surface area contributed by atoms with Crippen molar-refractivity contribution in [3.05, 3.63) is 23.2 Å². The Labute approximate surface area is 108 Å².